The van der Waals surface area contributed by atoms with Crippen LogP contribution in [0.15, 0.2) is 24.3 Å². The standard InChI is InChI=1S/C26H43N3O2.BrH/c1-3-4-5-6-7-8-9-10-11-12-13-14-15-18-21-28-23-19-16-17-20-24(23)29(26(28)27)22-25(30)31-2;/h16-17,19-20,27H,3-15,18,21-22H2,1-2H3;1H. The number of carbonyl (C=O) groups excluding carboxylic acids is 1. The predicted molar refractivity (Wildman–Crippen MR) is 138 cm³/mol. The third-order valence-corrected chi connectivity index (χ3v) is 6.22. The molecule has 0 saturated heterocycles. The molecule has 0 bridgehead atoms. The van der Waals surface area contributed by atoms with Gasteiger partial charge in [0.25, 0.3) is 0 Å². The number of para-hydroxylation sites is 2. The lowest BCUT2D eigenvalue weighted by Crippen LogP contribution is -2.27. The highest BCUT2D eigenvalue weighted by atomic mass is 79.9. The number of imidazole rings is 1. The molecule has 1 aromatic heterocycles. The minimum Gasteiger partial charge on any atom is -0.468 e. The molecule has 0 saturated carbocycles. The molecule has 0 aliphatic rings. The van der Waals surface area contributed by atoms with Gasteiger partial charge in [-0.15, -0.1) is 17.0 Å². The van der Waals surface area contributed by atoms with Crippen molar-refractivity contribution in [3.05, 3.63) is 29.9 Å². The summed E-state index contributed by atoms with van der Waals surface area (Å²) in [5.41, 5.74) is 2.32. The summed E-state index contributed by atoms with van der Waals surface area (Å²) in [6.07, 6.45) is 18.8. The molecule has 0 radical (unpaired) electrons. The molecule has 182 valence electrons. The highest BCUT2D eigenvalue weighted by Crippen LogP contribution is 2.16. The van der Waals surface area contributed by atoms with E-state index in [1.165, 1.54) is 90.6 Å². The van der Waals surface area contributed by atoms with E-state index in [1.54, 1.807) is 4.57 Å². The Bertz CT molecular complexity index is 828. The third kappa shape index (κ3) is 9.51. The lowest BCUT2D eigenvalue weighted by molar-refractivity contribution is -0.141. The minimum absolute atomic E-state index is 0. The highest BCUT2D eigenvalue weighted by molar-refractivity contribution is 8.93. The van der Waals surface area contributed by atoms with Crippen LogP contribution in [0.4, 0.5) is 0 Å². The Morgan fingerprint density at radius 3 is 1.69 bits per heavy atom. The van der Waals surface area contributed by atoms with E-state index in [4.69, 9.17) is 10.1 Å². The molecule has 0 unspecified atom stereocenters. The number of nitrogens with zero attached hydrogens (tertiary/aromatic N) is 2. The van der Waals surface area contributed by atoms with E-state index in [1.807, 2.05) is 28.8 Å². The van der Waals surface area contributed by atoms with E-state index in [-0.39, 0.29) is 29.5 Å². The summed E-state index contributed by atoms with van der Waals surface area (Å²) in [7, 11) is 1.39. The Morgan fingerprint density at radius 2 is 1.22 bits per heavy atom. The van der Waals surface area contributed by atoms with Gasteiger partial charge in [-0.1, -0.05) is 103 Å². The number of carbonyl (C=O) groups is 1. The lowest BCUT2D eigenvalue weighted by atomic mass is 10.0. The van der Waals surface area contributed by atoms with Gasteiger partial charge in [-0.05, 0) is 18.6 Å². The van der Waals surface area contributed by atoms with Crippen molar-refractivity contribution in [3.8, 4) is 0 Å². The molecule has 0 amide bonds. The summed E-state index contributed by atoms with van der Waals surface area (Å²) >= 11 is 0. The first-order chi connectivity index (χ1) is 15.2. The van der Waals surface area contributed by atoms with Crippen molar-refractivity contribution in [3.63, 3.8) is 0 Å². The first-order valence-corrected chi connectivity index (χ1v) is 12.5. The van der Waals surface area contributed by atoms with Crippen LogP contribution in [0.3, 0.4) is 0 Å². The van der Waals surface area contributed by atoms with Crippen molar-refractivity contribution >= 4 is 34.0 Å². The van der Waals surface area contributed by atoms with Crippen molar-refractivity contribution in [2.45, 2.75) is 110 Å². The summed E-state index contributed by atoms with van der Waals surface area (Å²) < 4.78 is 8.57. The number of nitrogens with one attached hydrogen (secondary N) is 1. The van der Waals surface area contributed by atoms with Gasteiger partial charge in [0.05, 0.1) is 18.1 Å². The summed E-state index contributed by atoms with van der Waals surface area (Å²) in [6.45, 7) is 3.19. The number of rotatable bonds is 17. The van der Waals surface area contributed by atoms with Crippen LogP contribution in [-0.2, 0) is 22.6 Å². The van der Waals surface area contributed by atoms with Crippen LogP contribution in [0.5, 0.6) is 0 Å². The topological polar surface area (TPSA) is 60.0 Å². The molecule has 5 nitrogen and oxygen atoms in total. The number of ether oxygens (including phenoxy) is 1. The van der Waals surface area contributed by atoms with E-state index in [2.05, 4.69) is 6.92 Å². The molecule has 1 heterocycles. The summed E-state index contributed by atoms with van der Waals surface area (Å²) in [5, 5.41) is 8.54. The fourth-order valence-electron chi connectivity index (χ4n) is 4.34. The third-order valence-electron chi connectivity index (χ3n) is 6.22. The Kier molecular flexibility index (Phi) is 15.1. The normalized spacial score (nSPS) is 10.9. The Balaban J connectivity index is 0.00000512. The summed E-state index contributed by atoms with van der Waals surface area (Å²) in [5.74, 6) is -0.321. The molecule has 2 rings (SSSR count). The first-order valence-electron chi connectivity index (χ1n) is 12.5. The number of hydrogen-bond donors (Lipinski definition) is 1. The van der Waals surface area contributed by atoms with Gasteiger partial charge < -0.3 is 9.30 Å². The summed E-state index contributed by atoms with van der Waals surface area (Å²) in [4.78, 5) is 11.7. The monoisotopic (exact) mass is 509 g/mol. The Morgan fingerprint density at radius 1 is 0.781 bits per heavy atom. The van der Waals surface area contributed by atoms with E-state index < -0.39 is 0 Å². The van der Waals surface area contributed by atoms with E-state index in [9.17, 15) is 4.79 Å². The Hall–Kier alpha value is -1.56. The first kappa shape index (κ1) is 28.5. The molecular formula is C26H44BrN3O2. The SMILES string of the molecule is Br.CCCCCCCCCCCCCCCCn1c(=N)n(CC(=O)OC)c2ccccc21. The van der Waals surface area contributed by atoms with Crippen LogP contribution in [0.1, 0.15) is 96.8 Å². The molecular weight excluding hydrogens is 466 g/mol. The quantitative estimate of drug-likeness (QED) is 0.181. The maximum absolute atomic E-state index is 11.7. The van der Waals surface area contributed by atoms with Gasteiger partial charge in [0.2, 0.25) is 5.62 Å². The Labute approximate surface area is 204 Å². The van der Waals surface area contributed by atoms with E-state index in [0.29, 0.717) is 5.62 Å². The number of benzene rings is 1. The zero-order chi connectivity index (χ0) is 22.3. The smallest absolute Gasteiger partial charge is 0.325 e. The largest absolute Gasteiger partial charge is 0.468 e. The fourth-order valence-corrected chi connectivity index (χ4v) is 4.34. The van der Waals surface area contributed by atoms with E-state index in [0.717, 1.165) is 24.0 Å². The summed E-state index contributed by atoms with van der Waals surface area (Å²) in [6, 6.07) is 7.95. The molecule has 0 atom stereocenters. The second-order valence-corrected chi connectivity index (χ2v) is 8.72. The van der Waals surface area contributed by atoms with Crippen LogP contribution >= 0.6 is 17.0 Å². The average molecular weight is 511 g/mol. The number of halogens is 1. The van der Waals surface area contributed by atoms with E-state index >= 15 is 0 Å². The molecule has 1 N–H and O–H groups in total. The number of hydrogen-bond acceptors (Lipinski definition) is 3. The minimum atomic E-state index is -0.321. The lowest BCUT2D eigenvalue weighted by Gasteiger charge is -2.05. The molecule has 6 heteroatoms. The average Bonchev–Trinajstić information content (AvgIpc) is 3.05. The van der Waals surface area contributed by atoms with Crippen molar-refractivity contribution in [2.24, 2.45) is 0 Å². The molecule has 0 aliphatic heterocycles. The number of aromatic nitrogens is 2. The number of esters is 1. The van der Waals surface area contributed by atoms with Crippen LogP contribution in [0.2, 0.25) is 0 Å². The van der Waals surface area contributed by atoms with Gasteiger partial charge >= 0.3 is 5.97 Å². The zero-order valence-electron chi connectivity index (χ0n) is 20.2. The second-order valence-electron chi connectivity index (χ2n) is 8.72. The molecule has 0 fully saturated rings. The zero-order valence-corrected chi connectivity index (χ0v) is 22.0. The molecule has 32 heavy (non-hydrogen) atoms. The molecule has 1 aromatic carbocycles. The maximum atomic E-state index is 11.7. The molecule has 2 aromatic rings. The van der Waals surface area contributed by atoms with Crippen LogP contribution in [0, 0.1) is 5.41 Å². The van der Waals surface area contributed by atoms with Crippen molar-refractivity contribution in [1.29, 1.82) is 5.41 Å². The molecule has 0 spiro atoms. The molecule has 0 aliphatic carbocycles. The van der Waals surface area contributed by atoms with Crippen LogP contribution < -0.4 is 5.62 Å². The van der Waals surface area contributed by atoms with Crippen molar-refractivity contribution in [1.82, 2.24) is 9.13 Å². The number of unbranched alkanes of at least 4 members (excludes halogenated alkanes) is 13. The fraction of sp³-hybridized carbons (Fsp3) is 0.692. The van der Waals surface area contributed by atoms with Gasteiger partial charge in [0.1, 0.15) is 6.54 Å². The van der Waals surface area contributed by atoms with Gasteiger partial charge in [-0.25, -0.2) is 0 Å². The maximum Gasteiger partial charge on any atom is 0.325 e. The number of fused-ring (bicyclic) bond motifs is 1. The van der Waals surface area contributed by atoms with Gasteiger partial charge in [0.15, 0.2) is 0 Å². The predicted octanol–water partition coefficient (Wildman–Crippen LogP) is 7.15. The van der Waals surface area contributed by atoms with Crippen molar-refractivity contribution in [2.75, 3.05) is 7.11 Å². The number of methoxy groups -OCH3 is 1. The van der Waals surface area contributed by atoms with Gasteiger partial charge in [-0.2, -0.15) is 0 Å². The van der Waals surface area contributed by atoms with Gasteiger partial charge in [0, 0.05) is 6.54 Å². The van der Waals surface area contributed by atoms with Gasteiger partial charge in [-0.3, -0.25) is 14.8 Å². The highest BCUT2D eigenvalue weighted by Gasteiger charge is 2.13. The van der Waals surface area contributed by atoms with Crippen molar-refractivity contribution < 1.29 is 9.53 Å². The van der Waals surface area contributed by atoms with Crippen LogP contribution in [0.25, 0.3) is 11.0 Å². The van der Waals surface area contributed by atoms with Crippen LogP contribution in [-0.4, -0.2) is 22.2 Å². The second kappa shape index (κ2) is 17.0. The number of aryl methyl sites for hydroxylation is 1.